The summed E-state index contributed by atoms with van der Waals surface area (Å²) in [6.45, 7) is 1.85. The lowest BCUT2D eigenvalue weighted by Gasteiger charge is -2.49. The van der Waals surface area contributed by atoms with Gasteiger partial charge in [-0.25, -0.2) is 4.79 Å². The zero-order valence-corrected chi connectivity index (χ0v) is 13.7. The van der Waals surface area contributed by atoms with Gasteiger partial charge in [-0.15, -0.1) is 11.8 Å². The van der Waals surface area contributed by atoms with Crippen molar-refractivity contribution in [2.45, 2.75) is 29.6 Å². The summed E-state index contributed by atoms with van der Waals surface area (Å²) in [5.74, 6) is -2.04. The quantitative estimate of drug-likeness (QED) is 0.682. The lowest BCUT2D eigenvalue weighted by Crippen LogP contribution is -2.71. The van der Waals surface area contributed by atoms with Crippen molar-refractivity contribution in [2.24, 2.45) is 5.73 Å². The normalized spacial score (nSPS) is 26.8. The number of rotatable bonds is 4. The molecule has 4 N–H and O–H groups in total. The fourth-order valence-corrected chi connectivity index (χ4v) is 4.11. The zero-order valence-electron chi connectivity index (χ0n) is 12.9. The largest absolute Gasteiger partial charge is 0.477 e. The van der Waals surface area contributed by atoms with Crippen LogP contribution >= 0.6 is 11.8 Å². The first-order valence-corrected chi connectivity index (χ1v) is 8.39. The SMILES string of the molecule is CC1C=C(C(=O)O)N2C(=O)C(NC(=O)[C@@H](N)c3ccccc3)[C@@H]2S1. The van der Waals surface area contributed by atoms with E-state index in [2.05, 4.69) is 5.32 Å². The number of nitrogens with one attached hydrogen (secondary N) is 1. The van der Waals surface area contributed by atoms with Crippen molar-refractivity contribution in [1.29, 1.82) is 0 Å². The van der Waals surface area contributed by atoms with Gasteiger partial charge in [-0.2, -0.15) is 0 Å². The van der Waals surface area contributed by atoms with Gasteiger partial charge < -0.3 is 16.2 Å². The molecule has 8 heteroatoms. The minimum Gasteiger partial charge on any atom is -0.477 e. The molecular formula is C16H17N3O4S. The number of carbonyl (C=O) groups excluding carboxylic acids is 2. The highest BCUT2D eigenvalue weighted by molar-refractivity contribution is 8.00. The monoisotopic (exact) mass is 347 g/mol. The first kappa shape index (κ1) is 16.5. The number of carboxylic acids is 1. The smallest absolute Gasteiger partial charge is 0.352 e. The fraction of sp³-hybridized carbons (Fsp3) is 0.312. The lowest BCUT2D eigenvalue weighted by atomic mass is 10.0. The van der Waals surface area contributed by atoms with E-state index in [1.54, 1.807) is 24.3 Å². The Kier molecular flexibility index (Phi) is 4.33. The topological polar surface area (TPSA) is 113 Å². The number of carboxylic acid groups (broad SMARTS) is 1. The molecule has 2 amide bonds. The first-order valence-electron chi connectivity index (χ1n) is 7.44. The molecule has 7 nitrogen and oxygen atoms in total. The van der Waals surface area contributed by atoms with Crippen LogP contribution in [0.15, 0.2) is 42.1 Å². The highest BCUT2D eigenvalue weighted by Gasteiger charge is 2.54. The Bertz CT molecular complexity index is 721. The first-order chi connectivity index (χ1) is 11.4. The van der Waals surface area contributed by atoms with Gasteiger partial charge in [0.1, 0.15) is 23.2 Å². The summed E-state index contributed by atoms with van der Waals surface area (Å²) in [6.07, 6.45) is 1.54. The second kappa shape index (κ2) is 6.29. The van der Waals surface area contributed by atoms with Crippen LogP contribution in [-0.2, 0) is 14.4 Å². The van der Waals surface area contributed by atoms with Gasteiger partial charge in [0, 0.05) is 5.25 Å². The molecule has 1 fully saturated rings. The Balaban J connectivity index is 1.72. The molecule has 126 valence electrons. The number of amides is 2. The minimum absolute atomic E-state index is 0.0332. The van der Waals surface area contributed by atoms with Gasteiger partial charge in [0.2, 0.25) is 5.91 Å². The Morgan fingerprint density at radius 2 is 2.00 bits per heavy atom. The molecule has 0 aromatic heterocycles. The number of thioether (sulfide) groups is 1. The van der Waals surface area contributed by atoms with Crippen molar-refractivity contribution < 1.29 is 19.5 Å². The van der Waals surface area contributed by atoms with Crippen LogP contribution in [0.3, 0.4) is 0 Å². The van der Waals surface area contributed by atoms with Gasteiger partial charge in [-0.1, -0.05) is 30.3 Å². The van der Waals surface area contributed by atoms with Crippen LogP contribution in [0.5, 0.6) is 0 Å². The number of carbonyl (C=O) groups is 3. The molecule has 2 aliphatic heterocycles. The van der Waals surface area contributed by atoms with Crippen molar-refractivity contribution in [3.63, 3.8) is 0 Å². The zero-order chi connectivity index (χ0) is 17.4. The number of nitrogens with zero attached hydrogens (tertiary/aromatic N) is 1. The van der Waals surface area contributed by atoms with Crippen molar-refractivity contribution >= 4 is 29.5 Å². The van der Waals surface area contributed by atoms with Crippen molar-refractivity contribution in [3.8, 4) is 0 Å². The predicted molar refractivity (Wildman–Crippen MR) is 88.7 cm³/mol. The van der Waals surface area contributed by atoms with Gasteiger partial charge in [-0.05, 0) is 18.6 Å². The van der Waals surface area contributed by atoms with E-state index in [1.807, 2.05) is 13.0 Å². The van der Waals surface area contributed by atoms with Crippen LogP contribution in [0, 0.1) is 0 Å². The number of aliphatic carboxylic acids is 1. The number of fused-ring (bicyclic) bond motifs is 1. The second-order valence-corrected chi connectivity index (χ2v) is 7.17. The molecule has 0 aliphatic carbocycles. The van der Waals surface area contributed by atoms with Gasteiger partial charge in [0.05, 0.1) is 0 Å². The van der Waals surface area contributed by atoms with Crippen LogP contribution in [0.25, 0.3) is 0 Å². The predicted octanol–water partition coefficient (Wildman–Crippen LogP) is 0.443. The standard InChI is InChI=1S/C16H17N3O4S/c1-8-7-10(16(22)23)19-14(21)12(15(19)24-8)18-13(20)11(17)9-5-3-2-4-6-9/h2-8,11-12,15H,17H2,1H3,(H,18,20)(H,22,23)/t8?,11-,12?,15-/m0/s1. The molecule has 2 heterocycles. The van der Waals surface area contributed by atoms with E-state index in [4.69, 9.17) is 5.73 Å². The van der Waals surface area contributed by atoms with E-state index in [9.17, 15) is 19.5 Å². The molecule has 24 heavy (non-hydrogen) atoms. The molecule has 3 rings (SSSR count). The van der Waals surface area contributed by atoms with Crippen LogP contribution in [0.2, 0.25) is 0 Å². The summed E-state index contributed by atoms with van der Waals surface area (Å²) in [5, 5.41) is 11.4. The molecule has 1 aromatic rings. The van der Waals surface area contributed by atoms with Crippen molar-refractivity contribution in [3.05, 3.63) is 47.7 Å². The second-order valence-electron chi connectivity index (χ2n) is 5.67. The van der Waals surface area contributed by atoms with Gasteiger partial charge in [-0.3, -0.25) is 14.5 Å². The summed E-state index contributed by atoms with van der Waals surface area (Å²) < 4.78 is 0. The summed E-state index contributed by atoms with van der Waals surface area (Å²) in [7, 11) is 0. The Morgan fingerprint density at radius 3 is 2.62 bits per heavy atom. The Labute approximate surface area is 142 Å². The molecule has 0 spiro atoms. The average molecular weight is 347 g/mol. The highest BCUT2D eigenvalue weighted by atomic mass is 32.2. The lowest BCUT2D eigenvalue weighted by molar-refractivity contribution is -0.150. The van der Waals surface area contributed by atoms with E-state index in [0.717, 1.165) is 0 Å². The van der Waals surface area contributed by atoms with E-state index in [-0.39, 0.29) is 10.9 Å². The summed E-state index contributed by atoms with van der Waals surface area (Å²) >= 11 is 1.43. The average Bonchev–Trinajstić information content (AvgIpc) is 2.58. The van der Waals surface area contributed by atoms with Crippen LogP contribution in [0.1, 0.15) is 18.5 Å². The van der Waals surface area contributed by atoms with Crippen molar-refractivity contribution in [1.82, 2.24) is 10.2 Å². The molecule has 2 aliphatic rings. The third kappa shape index (κ3) is 2.78. The molecule has 1 saturated heterocycles. The van der Waals surface area contributed by atoms with E-state index in [0.29, 0.717) is 5.56 Å². The maximum absolute atomic E-state index is 12.3. The molecule has 0 radical (unpaired) electrons. The number of β-lactam (4-membered cyclic amide) rings is 1. The third-order valence-corrected chi connectivity index (χ3v) is 5.33. The number of hydrogen-bond acceptors (Lipinski definition) is 5. The highest BCUT2D eigenvalue weighted by Crippen LogP contribution is 2.40. The summed E-state index contributed by atoms with van der Waals surface area (Å²) in [4.78, 5) is 37.1. The number of nitrogens with two attached hydrogens (primary N) is 1. The molecule has 1 aromatic carbocycles. The maximum atomic E-state index is 12.3. The molecular weight excluding hydrogens is 330 g/mol. The van der Waals surface area contributed by atoms with Gasteiger partial charge in [0.15, 0.2) is 0 Å². The summed E-state index contributed by atoms with van der Waals surface area (Å²) in [6, 6.07) is 7.21. The van der Waals surface area contributed by atoms with Crippen LogP contribution in [0.4, 0.5) is 0 Å². The fourth-order valence-electron chi connectivity index (χ4n) is 2.78. The molecule has 2 unspecified atom stereocenters. The Morgan fingerprint density at radius 1 is 1.33 bits per heavy atom. The van der Waals surface area contributed by atoms with E-state index in [1.165, 1.54) is 22.7 Å². The van der Waals surface area contributed by atoms with Gasteiger partial charge >= 0.3 is 5.97 Å². The number of hydrogen-bond donors (Lipinski definition) is 3. The van der Waals surface area contributed by atoms with Gasteiger partial charge in [0.25, 0.3) is 5.91 Å². The Hall–Kier alpha value is -2.32. The van der Waals surface area contributed by atoms with E-state index >= 15 is 0 Å². The minimum atomic E-state index is -1.15. The maximum Gasteiger partial charge on any atom is 0.352 e. The number of benzene rings is 1. The van der Waals surface area contributed by atoms with Crippen LogP contribution in [-0.4, -0.2) is 44.5 Å². The molecule has 0 bridgehead atoms. The summed E-state index contributed by atoms with van der Waals surface area (Å²) in [5.41, 5.74) is 6.55. The van der Waals surface area contributed by atoms with Crippen LogP contribution < -0.4 is 11.1 Å². The molecule has 0 saturated carbocycles. The van der Waals surface area contributed by atoms with Crippen molar-refractivity contribution in [2.75, 3.05) is 0 Å². The van der Waals surface area contributed by atoms with E-state index < -0.39 is 35.2 Å². The molecule has 4 atom stereocenters. The third-order valence-electron chi connectivity index (χ3n) is 4.01.